The highest BCUT2D eigenvalue weighted by molar-refractivity contribution is 5.91. The van der Waals surface area contributed by atoms with Gasteiger partial charge in [-0.3, -0.25) is 9.59 Å². The minimum Gasteiger partial charge on any atom is -0.469 e. The zero-order valence-corrected chi connectivity index (χ0v) is 19.9. The fourth-order valence-electron chi connectivity index (χ4n) is 6.36. The lowest BCUT2D eigenvalue weighted by atomic mass is 9.46. The minimum atomic E-state index is -0.558. The van der Waals surface area contributed by atoms with Crippen LogP contribution in [0.2, 0.25) is 0 Å². The fourth-order valence-corrected chi connectivity index (χ4v) is 6.36. The van der Waals surface area contributed by atoms with Gasteiger partial charge in [-0.05, 0) is 72.7 Å². The standard InChI is InChI=1S/C25H40O6/c1-17-9-11-25(3)19(16-30-22(27)14-21(26)28-4)7-6-8-20(25)24(17,2)12-10-18-13-23(29-5)31-15-18/h7,17-18,20,23H,6,8-16H2,1-5H3. The molecule has 6 heteroatoms. The zero-order valence-electron chi connectivity index (χ0n) is 19.9. The van der Waals surface area contributed by atoms with E-state index in [1.807, 2.05) is 0 Å². The highest BCUT2D eigenvalue weighted by atomic mass is 16.7. The Labute approximate surface area is 187 Å². The smallest absolute Gasteiger partial charge is 0.317 e. The molecule has 6 atom stereocenters. The second-order valence-electron chi connectivity index (χ2n) is 10.3. The predicted molar refractivity (Wildman–Crippen MR) is 117 cm³/mol. The molecule has 3 aliphatic rings. The summed E-state index contributed by atoms with van der Waals surface area (Å²) in [6, 6.07) is 0. The van der Waals surface area contributed by atoms with Crippen LogP contribution in [0.3, 0.4) is 0 Å². The Balaban J connectivity index is 1.67. The van der Waals surface area contributed by atoms with E-state index in [4.69, 9.17) is 14.2 Å². The van der Waals surface area contributed by atoms with Crippen LogP contribution in [0, 0.1) is 28.6 Å². The average molecular weight is 437 g/mol. The van der Waals surface area contributed by atoms with Crippen LogP contribution in [0.1, 0.15) is 72.1 Å². The molecule has 0 aromatic heterocycles. The van der Waals surface area contributed by atoms with Gasteiger partial charge in [0.05, 0.1) is 13.7 Å². The number of hydrogen-bond donors (Lipinski definition) is 0. The fraction of sp³-hybridized carbons (Fsp3) is 0.840. The molecule has 0 radical (unpaired) electrons. The van der Waals surface area contributed by atoms with Crippen LogP contribution in [0.25, 0.3) is 0 Å². The molecule has 2 fully saturated rings. The van der Waals surface area contributed by atoms with Gasteiger partial charge in [0.1, 0.15) is 13.0 Å². The Bertz CT molecular complexity index is 687. The maximum absolute atomic E-state index is 12.0. The van der Waals surface area contributed by atoms with Gasteiger partial charge in [-0.15, -0.1) is 0 Å². The molecule has 6 nitrogen and oxygen atoms in total. The predicted octanol–water partition coefficient (Wildman–Crippen LogP) is 4.66. The first-order valence-corrected chi connectivity index (χ1v) is 11.8. The van der Waals surface area contributed by atoms with Crippen molar-refractivity contribution in [3.05, 3.63) is 11.6 Å². The third-order valence-corrected chi connectivity index (χ3v) is 8.67. The quantitative estimate of drug-likeness (QED) is 0.313. The third kappa shape index (κ3) is 5.16. The van der Waals surface area contributed by atoms with Gasteiger partial charge in [0.25, 0.3) is 0 Å². The highest BCUT2D eigenvalue weighted by Crippen LogP contribution is 2.62. The SMILES string of the molecule is COC(=O)CC(=O)OCC1=CCCC2C1(C)CCC(C)C2(C)CCC1COC(OC)C1. The van der Waals surface area contributed by atoms with Crippen molar-refractivity contribution in [2.45, 2.75) is 78.4 Å². The number of hydrogen-bond acceptors (Lipinski definition) is 6. The van der Waals surface area contributed by atoms with Crippen LogP contribution in [0.4, 0.5) is 0 Å². The number of carbonyl (C=O) groups is 2. The van der Waals surface area contributed by atoms with Crippen LogP contribution in [-0.4, -0.2) is 45.7 Å². The maximum atomic E-state index is 12.0. The van der Waals surface area contributed by atoms with E-state index in [2.05, 4.69) is 31.6 Å². The van der Waals surface area contributed by atoms with Gasteiger partial charge in [-0.25, -0.2) is 0 Å². The number of fused-ring (bicyclic) bond motifs is 1. The molecule has 3 rings (SSSR count). The summed E-state index contributed by atoms with van der Waals surface area (Å²) in [5.74, 6) is 0.715. The van der Waals surface area contributed by atoms with Crippen LogP contribution in [0.15, 0.2) is 11.6 Å². The minimum absolute atomic E-state index is 0.0340. The molecule has 0 aromatic carbocycles. The number of ether oxygens (including phenoxy) is 4. The van der Waals surface area contributed by atoms with Gasteiger partial charge in [-0.2, -0.15) is 0 Å². The van der Waals surface area contributed by atoms with E-state index in [9.17, 15) is 9.59 Å². The van der Waals surface area contributed by atoms with E-state index in [0.29, 0.717) is 17.8 Å². The first-order chi connectivity index (χ1) is 14.7. The topological polar surface area (TPSA) is 71.1 Å². The Kier molecular flexibility index (Phi) is 7.85. The molecule has 1 saturated carbocycles. The maximum Gasteiger partial charge on any atom is 0.317 e. The summed E-state index contributed by atoms with van der Waals surface area (Å²) in [6.07, 6.45) is 9.74. The van der Waals surface area contributed by atoms with Crippen molar-refractivity contribution in [2.24, 2.45) is 28.6 Å². The van der Waals surface area contributed by atoms with Crippen molar-refractivity contribution < 1.29 is 28.5 Å². The van der Waals surface area contributed by atoms with Gasteiger partial charge in [-0.1, -0.05) is 26.8 Å². The van der Waals surface area contributed by atoms with E-state index in [1.54, 1.807) is 7.11 Å². The summed E-state index contributed by atoms with van der Waals surface area (Å²) in [6.45, 7) is 8.33. The molecule has 176 valence electrons. The summed E-state index contributed by atoms with van der Waals surface area (Å²) in [5.41, 5.74) is 1.50. The molecule has 1 aliphatic heterocycles. The molecule has 0 spiro atoms. The Morgan fingerprint density at radius 3 is 2.65 bits per heavy atom. The Morgan fingerprint density at radius 1 is 1.19 bits per heavy atom. The van der Waals surface area contributed by atoms with E-state index in [-0.39, 0.29) is 30.1 Å². The van der Waals surface area contributed by atoms with Crippen LogP contribution in [-0.2, 0) is 28.5 Å². The first-order valence-electron chi connectivity index (χ1n) is 11.8. The first kappa shape index (κ1) is 24.2. The lowest BCUT2D eigenvalue weighted by Crippen LogP contribution is -2.50. The molecule has 2 aliphatic carbocycles. The Morgan fingerprint density at radius 2 is 1.97 bits per heavy atom. The lowest BCUT2D eigenvalue weighted by Gasteiger charge is -2.58. The molecule has 0 N–H and O–H groups in total. The second kappa shape index (κ2) is 10.0. The molecule has 0 amide bonds. The van der Waals surface area contributed by atoms with Gasteiger partial charge in [0.15, 0.2) is 6.29 Å². The van der Waals surface area contributed by atoms with E-state index in [0.717, 1.165) is 25.9 Å². The van der Waals surface area contributed by atoms with Gasteiger partial charge < -0.3 is 18.9 Å². The number of allylic oxidation sites excluding steroid dienone is 1. The Hall–Kier alpha value is -1.40. The summed E-state index contributed by atoms with van der Waals surface area (Å²) in [5, 5.41) is 0. The largest absolute Gasteiger partial charge is 0.469 e. The summed E-state index contributed by atoms with van der Waals surface area (Å²) < 4.78 is 21.2. The van der Waals surface area contributed by atoms with E-state index >= 15 is 0 Å². The monoisotopic (exact) mass is 436 g/mol. The summed E-state index contributed by atoms with van der Waals surface area (Å²) >= 11 is 0. The molecular formula is C25H40O6. The summed E-state index contributed by atoms with van der Waals surface area (Å²) in [7, 11) is 3.00. The average Bonchev–Trinajstić information content (AvgIpc) is 3.22. The van der Waals surface area contributed by atoms with Crippen molar-refractivity contribution in [2.75, 3.05) is 27.4 Å². The van der Waals surface area contributed by atoms with E-state index in [1.165, 1.54) is 38.4 Å². The molecule has 1 saturated heterocycles. The molecule has 31 heavy (non-hydrogen) atoms. The van der Waals surface area contributed by atoms with Crippen LogP contribution < -0.4 is 0 Å². The van der Waals surface area contributed by atoms with Crippen molar-refractivity contribution in [1.82, 2.24) is 0 Å². The second-order valence-corrected chi connectivity index (χ2v) is 10.3. The van der Waals surface area contributed by atoms with Gasteiger partial charge in [0, 0.05) is 13.5 Å². The van der Waals surface area contributed by atoms with Gasteiger partial charge in [0.2, 0.25) is 0 Å². The van der Waals surface area contributed by atoms with Crippen molar-refractivity contribution in [3.63, 3.8) is 0 Å². The molecule has 0 aromatic rings. The summed E-state index contributed by atoms with van der Waals surface area (Å²) in [4.78, 5) is 23.4. The van der Waals surface area contributed by atoms with Gasteiger partial charge >= 0.3 is 11.9 Å². The van der Waals surface area contributed by atoms with Crippen molar-refractivity contribution in [1.29, 1.82) is 0 Å². The molecule has 6 unspecified atom stereocenters. The number of methoxy groups -OCH3 is 2. The van der Waals surface area contributed by atoms with Crippen molar-refractivity contribution in [3.8, 4) is 0 Å². The zero-order chi connectivity index (χ0) is 22.6. The molecular weight excluding hydrogens is 396 g/mol. The molecule has 0 bridgehead atoms. The number of carbonyl (C=O) groups excluding carboxylic acids is 2. The van der Waals surface area contributed by atoms with E-state index < -0.39 is 11.9 Å². The third-order valence-electron chi connectivity index (χ3n) is 8.67. The van der Waals surface area contributed by atoms with Crippen LogP contribution in [0.5, 0.6) is 0 Å². The molecule has 1 heterocycles. The van der Waals surface area contributed by atoms with Crippen LogP contribution >= 0.6 is 0 Å². The van der Waals surface area contributed by atoms with Crippen molar-refractivity contribution >= 4 is 11.9 Å². The normalized spacial score (nSPS) is 37.6. The number of rotatable bonds is 8. The number of esters is 2. The highest BCUT2D eigenvalue weighted by Gasteiger charge is 2.54. The lowest BCUT2D eigenvalue weighted by molar-refractivity contribution is -0.152.